The van der Waals surface area contributed by atoms with E-state index in [1.165, 1.54) is 0 Å². The smallest absolute Gasteiger partial charge is 0.319 e. The molecule has 1 heterocycles. The third-order valence-corrected chi connectivity index (χ3v) is 3.78. The minimum atomic E-state index is -0.924. The molecule has 7 heteroatoms. The Kier molecular flexibility index (Phi) is 5.41. The second-order valence-corrected chi connectivity index (χ2v) is 6.40. The van der Waals surface area contributed by atoms with E-state index in [0.717, 1.165) is 5.69 Å². The number of carbonyl (C=O) groups is 1. The Hall–Kier alpha value is -1.79. The summed E-state index contributed by atoms with van der Waals surface area (Å²) in [4.78, 5) is 11.8. The van der Waals surface area contributed by atoms with Crippen molar-refractivity contribution in [2.45, 2.75) is 0 Å². The summed E-state index contributed by atoms with van der Waals surface area (Å²) in [5, 5.41) is 6.02. The van der Waals surface area contributed by atoms with E-state index in [1.54, 1.807) is 24.5 Å². The Balaban J connectivity index is 2.09. The number of nitrogens with zero attached hydrogens (tertiary/aromatic N) is 1. The molecule has 1 atom stereocenters. The van der Waals surface area contributed by atoms with Gasteiger partial charge in [0.25, 0.3) is 0 Å². The third-order valence-electron chi connectivity index (χ3n) is 2.77. The number of anilines is 1. The maximum Gasteiger partial charge on any atom is 0.319 e. The number of amides is 2. The highest BCUT2D eigenvalue weighted by Crippen LogP contribution is 2.24. The topological polar surface area (TPSA) is 63.1 Å². The second-order valence-electron chi connectivity index (χ2n) is 4.41. The zero-order chi connectivity index (χ0) is 15.2. The van der Waals surface area contributed by atoms with E-state index in [1.807, 2.05) is 29.1 Å². The fourth-order valence-electron chi connectivity index (χ4n) is 1.79. The van der Waals surface area contributed by atoms with E-state index in [0.29, 0.717) is 23.0 Å². The summed E-state index contributed by atoms with van der Waals surface area (Å²) in [5.41, 5.74) is 1.42. The van der Waals surface area contributed by atoms with Crippen molar-refractivity contribution < 1.29 is 9.00 Å². The molecular weight excluding hydrogens is 310 g/mol. The molecule has 0 fully saturated rings. The number of benzene rings is 1. The number of nitrogens with one attached hydrogen (secondary N) is 2. The summed E-state index contributed by atoms with van der Waals surface area (Å²) in [6.07, 6.45) is 5.34. The van der Waals surface area contributed by atoms with Crippen molar-refractivity contribution in [2.75, 3.05) is 23.9 Å². The number of aromatic nitrogens is 1. The molecule has 0 bridgehead atoms. The molecule has 0 unspecified atom stereocenters. The lowest BCUT2D eigenvalue weighted by Gasteiger charge is -2.13. The highest BCUT2D eigenvalue weighted by molar-refractivity contribution is 7.84. The van der Waals surface area contributed by atoms with Gasteiger partial charge in [-0.05, 0) is 30.3 Å². The van der Waals surface area contributed by atoms with Crippen LogP contribution in [-0.2, 0) is 10.8 Å². The zero-order valence-electron chi connectivity index (χ0n) is 11.5. The predicted octanol–water partition coefficient (Wildman–Crippen LogP) is 2.63. The van der Waals surface area contributed by atoms with Crippen LogP contribution in [0.1, 0.15) is 0 Å². The Morgan fingerprint density at radius 3 is 2.71 bits per heavy atom. The Morgan fingerprint density at radius 1 is 1.33 bits per heavy atom. The standard InChI is InChI=1S/C14H16ClN3O2S/c1-21(20)9-6-16-14(19)17-12-5-4-11(15)10-13(12)18-7-2-3-8-18/h2-5,7-8,10H,6,9H2,1H3,(H2,16,17,19)/t21-/m1/s1. The number of carbonyl (C=O) groups excluding carboxylic acids is 1. The van der Waals surface area contributed by atoms with Crippen LogP contribution in [0.4, 0.5) is 10.5 Å². The molecule has 2 aromatic rings. The number of hydrogen-bond donors (Lipinski definition) is 2. The van der Waals surface area contributed by atoms with E-state index >= 15 is 0 Å². The first-order valence-corrected chi connectivity index (χ1v) is 8.44. The van der Waals surface area contributed by atoms with E-state index in [9.17, 15) is 9.00 Å². The summed E-state index contributed by atoms with van der Waals surface area (Å²) in [5.74, 6) is 0.429. The first-order valence-electron chi connectivity index (χ1n) is 6.34. The minimum absolute atomic E-state index is 0.337. The second kappa shape index (κ2) is 7.28. The van der Waals surface area contributed by atoms with Crippen LogP contribution in [0.15, 0.2) is 42.7 Å². The quantitative estimate of drug-likeness (QED) is 0.887. The van der Waals surface area contributed by atoms with E-state index in [-0.39, 0.29) is 6.03 Å². The SMILES string of the molecule is C[S@@](=O)CCNC(=O)Nc1ccc(Cl)cc1-n1cccc1. The fraction of sp³-hybridized carbons (Fsp3) is 0.214. The van der Waals surface area contributed by atoms with Gasteiger partial charge >= 0.3 is 6.03 Å². The van der Waals surface area contributed by atoms with Gasteiger partial charge < -0.3 is 15.2 Å². The lowest BCUT2D eigenvalue weighted by molar-refractivity contribution is 0.252. The van der Waals surface area contributed by atoms with Gasteiger partial charge in [-0.3, -0.25) is 4.21 Å². The maximum absolute atomic E-state index is 11.8. The molecule has 0 saturated carbocycles. The van der Waals surface area contributed by atoms with Crippen LogP contribution in [-0.4, -0.2) is 33.4 Å². The lowest BCUT2D eigenvalue weighted by Crippen LogP contribution is -2.32. The van der Waals surface area contributed by atoms with Crippen LogP contribution in [0.2, 0.25) is 5.02 Å². The van der Waals surface area contributed by atoms with Crippen LogP contribution < -0.4 is 10.6 Å². The van der Waals surface area contributed by atoms with E-state index < -0.39 is 10.8 Å². The average molecular weight is 326 g/mol. The van der Waals surface area contributed by atoms with Gasteiger partial charge in [0.1, 0.15) is 0 Å². The van der Waals surface area contributed by atoms with Crippen molar-refractivity contribution in [1.82, 2.24) is 9.88 Å². The first kappa shape index (κ1) is 15.6. The van der Waals surface area contributed by atoms with Gasteiger partial charge in [-0.2, -0.15) is 0 Å². The number of rotatable bonds is 5. The highest BCUT2D eigenvalue weighted by atomic mass is 35.5. The molecule has 0 aliphatic rings. The Morgan fingerprint density at radius 2 is 2.05 bits per heavy atom. The maximum atomic E-state index is 11.8. The molecular formula is C14H16ClN3O2S. The fourth-order valence-corrected chi connectivity index (χ4v) is 2.35. The normalized spacial score (nSPS) is 11.9. The third kappa shape index (κ3) is 4.61. The molecule has 0 spiro atoms. The predicted molar refractivity (Wildman–Crippen MR) is 86.7 cm³/mol. The minimum Gasteiger partial charge on any atom is -0.337 e. The van der Waals surface area contributed by atoms with Crippen molar-refractivity contribution in [3.05, 3.63) is 47.7 Å². The molecule has 1 aromatic carbocycles. The van der Waals surface area contributed by atoms with Crippen LogP contribution >= 0.6 is 11.6 Å². The number of hydrogen-bond acceptors (Lipinski definition) is 2. The Labute approximate surface area is 130 Å². The number of urea groups is 1. The molecule has 0 saturated heterocycles. The molecule has 0 aliphatic heterocycles. The highest BCUT2D eigenvalue weighted by Gasteiger charge is 2.08. The van der Waals surface area contributed by atoms with Gasteiger partial charge in [0.05, 0.1) is 11.4 Å². The summed E-state index contributed by atoms with van der Waals surface area (Å²) in [7, 11) is -0.924. The van der Waals surface area contributed by atoms with Gasteiger partial charge in [-0.1, -0.05) is 11.6 Å². The summed E-state index contributed by atoms with van der Waals surface area (Å²) >= 11 is 6.01. The number of halogens is 1. The zero-order valence-corrected chi connectivity index (χ0v) is 13.1. The van der Waals surface area contributed by atoms with Crippen LogP contribution in [0.3, 0.4) is 0 Å². The molecule has 112 valence electrons. The average Bonchev–Trinajstić information content (AvgIpc) is 2.94. The van der Waals surface area contributed by atoms with Gasteiger partial charge in [0.2, 0.25) is 0 Å². The summed E-state index contributed by atoms with van der Waals surface area (Å²) in [6, 6.07) is 8.68. The molecule has 2 rings (SSSR count). The molecule has 1 aromatic heterocycles. The first-order chi connectivity index (χ1) is 10.1. The van der Waals surface area contributed by atoms with Gasteiger partial charge in [-0.25, -0.2) is 4.79 Å². The monoisotopic (exact) mass is 325 g/mol. The molecule has 2 amide bonds. The lowest BCUT2D eigenvalue weighted by atomic mass is 10.2. The van der Waals surface area contributed by atoms with Crippen molar-refractivity contribution in [3.8, 4) is 5.69 Å². The van der Waals surface area contributed by atoms with Crippen molar-refractivity contribution in [2.24, 2.45) is 0 Å². The molecule has 0 radical (unpaired) electrons. The van der Waals surface area contributed by atoms with Crippen molar-refractivity contribution in [3.63, 3.8) is 0 Å². The molecule has 2 N–H and O–H groups in total. The van der Waals surface area contributed by atoms with Gasteiger partial charge in [-0.15, -0.1) is 0 Å². The Bertz CT molecular complexity index is 644. The van der Waals surface area contributed by atoms with E-state index in [4.69, 9.17) is 11.6 Å². The largest absolute Gasteiger partial charge is 0.337 e. The molecule has 0 aliphatic carbocycles. The van der Waals surface area contributed by atoms with Gasteiger partial charge in [0, 0.05) is 46.8 Å². The van der Waals surface area contributed by atoms with Crippen LogP contribution in [0.5, 0.6) is 0 Å². The van der Waals surface area contributed by atoms with Crippen LogP contribution in [0.25, 0.3) is 5.69 Å². The molecule has 21 heavy (non-hydrogen) atoms. The summed E-state index contributed by atoms with van der Waals surface area (Å²) in [6.45, 7) is 0.362. The van der Waals surface area contributed by atoms with Gasteiger partial charge in [0.15, 0.2) is 0 Å². The molecule has 5 nitrogen and oxygen atoms in total. The van der Waals surface area contributed by atoms with Crippen molar-refractivity contribution in [1.29, 1.82) is 0 Å². The van der Waals surface area contributed by atoms with Crippen LogP contribution in [0, 0.1) is 0 Å². The van der Waals surface area contributed by atoms with Crippen molar-refractivity contribution >= 4 is 34.1 Å². The van der Waals surface area contributed by atoms with E-state index in [2.05, 4.69) is 10.6 Å². The summed E-state index contributed by atoms with van der Waals surface area (Å²) < 4.78 is 12.8.